The van der Waals surface area contributed by atoms with E-state index in [9.17, 15) is 0 Å². The van der Waals surface area contributed by atoms with Gasteiger partial charge in [-0.3, -0.25) is 9.80 Å². The average Bonchev–Trinajstić information content (AvgIpc) is 3.06. The molecule has 0 amide bonds. The summed E-state index contributed by atoms with van der Waals surface area (Å²) in [6.07, 6.45) is 5.59. The first-order valence-corrected chi connectivity index (χ1v) is 8.17. The van der Waals surface area contributed by atoms with Gasteiger partial charge in [-0.15, -0.1) is 0 Å². The number of hydrogen-bond acceptors (Lipinski definition) is 3. The van der Waals surface area contributed by atoms with Gasteiger partial charge in [0.2, 0.25) is 0 Å². The van der Waals surface area contributed by atoms with E-state index in [4.69, 9.17) is 4.42 Å². The molecule has 20 heavy (non-hydrogen) atoms. The number of hydrogen-bond donors (Lipinski definition) is 0. The quantitative estimate of drug-likeness (QED) is 0.843. The monoisotopic (exact) mass is 276 g/mol. The molecule has 3 atom stereocenters. The standard InChI is InChI=1S/C17H28N2O/c1-13(2)17-12-18-8-4-6-15(18)11-19(17)14(3)10-16-7-5-9-20-16/h5,7,9,13-15,17H,4,6,8,10-12H2,1-3H3. The summed E-state index contributed by atoms with van der Waals surface area (Å²) in [6.45, 7) is 10.9. The Kier molecular flexibility index (Phi) is 4.18. The smallest absolute Gasteiger partial charge is 0.105 e. The number of rotatable bonds is 4. The van der Waals surface area contributed by atoms with Crippen molar-refractivity contribution in [2.45, 2.75) is 58.2 Å². The molecule has 0 N–H and O–H groups in total. The van der Waals surface area contributed by atoms with Crippen molar-refractivity contribution in [3.8, 4) is 0 Å². The average molecular weight is 276 g/mol. The van der Waals surface area contributed by atoms with Gasteiger partial charge in [-0.05, 0) is 44.4 Å². The molecule has 3 rings (SSSR count). The molecule has 2 aliphatic rings. The molecule has 0 aliphatic carbocycles. The third kappa shape index (κ3) is 2.79. The van der Waals surface area contributed by atoms with Crippen molar-refractivity contribution in [3.05, 3.63) is 24.2 Å². The van der Waals surface area contributed by atoms with E-state index in [1.54, 1.807) is 6.26 Å². The molecule has 2 aliphatic heterocycles. The van der Waals surface area contributed by atoms with E-state index in [-0.39, 0.29) is 0 Å². The largest absolute Gasteiger partial charge is 0.469 e. The molecule has 3 unspecified atom stereocenters. The van der Waals surface area contributed by atoms with Crippen LogP contribution in [0.15, 0.2) is 22.8 Å². The van der Waals surface area contributed by atoms with Crippen molar-refractivity contribution in [2.24, 2.45) is 5.92 Å². The summed E-state index contributed by atoms with van der Waals surface area (Å²) in [5.74, 6) is 1.84. The van der Waals surface area contributed by atoms with Gasteiger partial charge in [0.25, 0.3) is 0 Å². The number of nitrogens with zero attached hydrogens (tertiary/aromatic N) is 2. The van der Waals surface area contributed by atoms with Crippen LogP contribution in [0.2, 0.25) is 0 Å². The first-order chi connectivity index (χ1) is 9.65. The van der Waals surface area contributed by atoms with Crippen LogP contribution in [0.25, 0.3) is 0 Å². The van der Waals surface area contributed by atoms with E-state index in [0.29, 0.717) is 12.1 Å². The summed E-state index contributed by atoms with van der Waals surface area (Å²) >= 11 is 0. The zero-order valence-corrected chi connectivity index (χ0v) is 13.1. The maximum absolute atomic E-state index is 5.54. The molecule has 1 aromatic rings. The highest BCUT2D eigenvalue weighted by Gasteiger charge is 2.39. The van der Waals surface area contributed by atoms with Crippen molar-refractivity contribution in [3.63, 3.8) is 0 Å². The molecule has 3 nitrogen and oxygen atoms in total. The molecule has 2 saturated heterocycles. The van der Waals surface area contributed by atoms with Gasteiger partial charge in [0.1, 0.15) is 5.76 Å². The maximum Gasteiger partial charge on any atom is 0.105 e. The van der Waals surface area contributed by atoms with E-state index in [1.165, 1.54) is 32.5 Å². The molecular formula is C17H28N2O. The topological polar surface area (TPSA) is 19.6 Å². The van der Waals surface area contributed by atoms with Gasteiger partial charge in [0.05, 0.1) is 6.26 Å². The Bertz CT molecular complexity index is 415. The van der Waals surface area contributed by atoms with Gasteiger partial charge in [-0.25, -0.2) is 0 Å². The molecule has 2 fully saturated rings. The number of piperazine rings is 1. The van der Waals surface area contributed by atoms with Crippen molar-refractivity contribution in [1.82, 2.24) is 9.80 Å². The highest BCUT2D eigenvalue weighted by Crippen LogP contribution is 2.29. The zero-order chi connectivity index (χ0) is 14.1. The van der Waals surface area contributed by atoms with Gasteiger partial charge in [-0.1, -0.05) is 13.8 Å². The lowest BCUT2D eigenvalue weighted by Crippen LogP contribution is -2.60. The predicted octanol–water partition coefficient (Wildman–Crippen LogP) is 3.02. The van der Waals surface area contributed by atoms with Crippen LogP contribution in [0.3, 0.4) is 0 Å². The minimum absolute atomic E-state index is 0.566. The van der Waals surface area contributed by atoms with Gasteiger partial charge >= 0.3 is 0 Å². The molecule has 0 bridgehead atoms. The molecule has 3 heterocycles. The molecule has 3 heteroatoms. The number of furan rings is 1. The summed E-state index contributed by atoms with van der Waals surface area (Å²) < 4.78 is 5.54. The third-order valence-corrected chi connectivity index (χ3v) is 5.18. The van der Waals surface area contributed by atoms with Crippen LogP contribution in [-0.4, -0.2) is 47.6 Å². The highest BCUT2D eigenvalue weighted by molar-refractivity contribution is 5.02. The van der Waals surface area contributed by atoms with Crippen LogP contribution < -0.4 is 0 Å². The summed E-state index contributed by atoms with van der Waals surface area (Å²) in [5.41, 5.74) is 0. The molecule has 0 saturated carbocycles. The van der Waals surface area contributed by atoms with Crippen LogP contribution in [0.4, 0.5) is 0 Å². The van der Waals surface area contributed by atoms with Crippen LogP contribution in [0.5, 0.6) is 0 Å². The molecule has 0 radical (unpaired) electrons. The summed E-state index contributed by atoms with van der Waals surface area (Å²) in [4.78, 5) is 5.47. The zero-order valence-electron chi connectivity index (χ0n) is 13.1. The van der Waals surface area contributed by atoms with Crippen LogP contribution in [-0.2, 0) is 6.42 Å². The van der Waals surface area contributed by atoms with Gasteiger partial charge in [-0.2, -0.15) is 0 Å². The lowest BCUT2D eigenvalue weighted by atomic mass is 9.94. The van der Waals surface area contributed by atoms with Crippen LogP contribution >= 0.6 is 0 Å². The Hall–Kier alpha value is -0.800. The van der Waals surface area contributed by atoms with E-state index in [1.807, 2.05) is 6.07 Å². The van der Waals surface area contributed by atoms with Gasteiger partial charge < -0.3 is 4.42 Å². The molecular weight excluding hydrogens is 248 g/mol. The third-order valence-electron chi connectivity index (χ3n) is 5.18. The van der Waals surface area contributed by atoms with E-state index in [0.717, 1.165) is 24.1 Å². The summed E-state index contributed by atoms with van der Waals surface area (Å²) in [7, 11) is 0. The minimum atomic E-state index is 0.566. The van der Waals surface area contributed by atoms with Gasteiger partial charge in [0.15, 0.2) is 0 Å². The maximum atomic E-state index is 5.54. The molecule has 0 aromatic carbocycles. The van der Waals surface area contributed by atoms with Crippen molar-refractivity contribution < 1.29 is 4.42 Å². The molecule has 0 spiro atoms. The van der Waals surface area contributed by atoms with Crippen molar-refractivity contribution in [2.75, 3.05) is 19.6 Å². The minimum Gasteiger partial charge on any atom is -0.469 e. The normalized spacial score (nSPS) is 29.8. The van der Waals surface area contributed by atoms with E-state index in [2.05, 4.69) is 36.6 Å². The van der Waals surface area contributed by atoms with Crippen LogP contribution in [0, 0.1) is 5.92 Å². The number of fused-ring (bicyclic) bond motifs is 1. The summed E-state index contributed by atoms with van der Waals surface area (Å²) in [6, 6.07) is 6.15. The second-order valence-corrected chi connectivity index (χ2v) is 6.93. The van der Waals surface area contributed by atoms with Crippen LogP contribution in [0.1, 0.15) is 39.4 Å². The Morgan fingerprint density at radius 2 is 2.15 bits per heavy atom. The predicted molar refractivity (Wildman–Crippen MR) is 81.8 cm³/mol. The Labute approximate surface area is 122 Å². The highest BCUT2D eigenvalue weighted by atomic mass is 16.3. The second-order valence-electron chi connectivity index (χ2n) is 6.93. The molecule has 112 valence electrons. The summed E-state index contributed by atoms with van der Waals surface area (Å²) in [5, 5.41) is 0. The lowest BCUT2D eigenvalue weighted by Gasteiger charge is -2.48. The fourth-order valence-electron chi connectivity index (χ4n) is 4.00. The Morgan fingerprint density at radius 3 is 2.85 bits per heavy atom. The first kappa shape index (κ1) is 14.2. The van der Waals surface area contributed by atoms with E-state index >= 15 is 0 Å². The Balaban J connectivity index is 1.70. The fraction of sp³-hybridized carbons (Fsp3) is 0.765. The van der Waals surface area contributed by atoms with Crippen molar-refractivity contribution >= 4 is 0 Å². The Morgan fingerprint density at radius 1 is 1.30 bits per heavy atom. The van der Waals surface area contributed by atoms with Crippen molar-refractivity contribution in [1.29, 1.82) is 0 Å². The second kappa shape index (κ2) is 5.90. The van der Waals surface area contributed by atoms with E-state index < -0.39 is 0 Å². The van der Waals surface area contributed by atoms with Gasteiger partial charge in [0, 0.05) is 37.6 Å². The fourth-order valence-corrected chi connectivity index (χ4v) is 4.00. The first-order valence-electron chi connectivity index (χ1n) is 8.17. The SMILES string of the molecule is CC(C)C1CN2CCCC2CN1C(C)Cc1ccco1. The molecule has 1 aromatic heterocycles. The lowest BCUT2D eigenvalue weighted by molar-refractivity contribution is 0.00374.